The molecule has 11 heteroatoms. The highest BCUT2D eigenvalue weighted by Crippen LogP contribution is 2.49. The van der Waals surface area contributed by atoms with Gasteiger partial charge in [0.15, 0.2) is 5.78 Å². The summed E-state index contributed by atoms with van der Waals surface area (Å²) in [6.07, 6.45) is 1.99. The van der Waals surface area contributed by atoms with Crippen LogP contribution >= 0.6 is 0 Å². The number of carbonyl (C=O) groups excluding carboxylic acids is 2. The molecule has 2 aromatic heterocycles. The summed E-state index contributed by atoms with van der Waals surface area (Å²) in [4.78, 5) is 37.1. The molecule has 0 atom stereocenters. The average molecular weight is 487 g/mol. The Balaban J connectivity index is 1.39. The molecule has 0 spiro atoms. The largest absolute Gasteiger partial charge is 0.418 e. The van der Waals surface area contributed by atoms with Crippen LogP contribution in [-0.4, -0.2) is 26.6 Å². The van der Waals surface area contributed by atoms with Crippen molar-refractivity contribution < 1.29 is 27.2 Å². The lowest BCUT2D eigenvalue weighted by Crippen LogP contribution is -2.33. The predicted molar refractivity (Wildman–Crippen MR) is 118 cm³/mol. The number of aryl methyl sites for hydroxylation is 1. The summed E-state index contributed by atoms with van der Waals surface area (Å²) in [5.41, 5.74) is -0.404. The van der Waals surface area contributed by atoms with E-state index in [1.807, 2.05) is 0 Å². The number of aromatic nitrogens is 3. The number of rotatable bonds is 8. The Morgan fingerprint density at radius 1 is 1.09 bits per heavy atom. The van der Waals surface area contributed by atoms with Crippen LogP contribution < -0.4 is 10.6 Å². The number of hydrogen-bond acceptors (Lipinski definition) is 6. The SMILES string of the molecule is Cc1cc(Nc2ccc(F)cc2C(F)(F)F)cnc1CNC(=O)C1(CC(=O)c2cncnc2)CC1. The average Bonchev–Trinajstić information content (AvgIpc) is 3.60. The van der Waals surface area contributed by atoms with Crippen LogP contribution in [0.15, 0.2) is 49.2 Å². The van der Waals surface area contributed by atoms with Gasteiger partial charge in [-0.25, -0.2) is 14.4 Å². The smallest absolute Gasteiger partial charge is 0.354 e. The van der Waals surface area contributed by atoms with Gasteiger partial charge in [-0.2, -0.15) is 13.2 Å². The second-order valence-corrected chi connectivity index (χ2v) is 8.49. The van der Waals surface area contributed by atoms with Crippen molar-refractivity contribution >= 4 is 23.1 Å². The molecular weight excluding hydrogens is 466 g/mol. The number of anilines is 2. The Kier molecular flexibility index (Phi) is 6.51. The third kappa shape index (κ3) is 5.61. The van der Waals surface area contributed by atoms with Crippen molar-refractivity contribution in [3.8, 4) is 0 Å². The van der Waals surface area contributed by atoms with Crippen molar-refractivity contribution in [2.45, 2.75) is 38.9 Å². The van der Waals surface area contributed by atoms with Crippen molar-refractivity contribution in [2.75, 3.05) is 5.32 Å². The number of carbonyl (C=O) groups is 2. The molecule has 7 nitrogen and oxygen atoms in total. The third-order valence-corrected chi connectivity index (χ3v) is 5.89. The van der Waals surface area contributed by atoms with Crippen molar-refractivity contribution in [1.29, 1.82) is 0 Å². The standard InChI is InChI=1S/C24H21F4N5O2/c1-14-6-17(33-19-3-2-16(25)7-18(19)24(26,27)28)11-31-20(14)12-32-22(35)23(4-5-23)8-21(34)15-9-29-13-30-10-15/h2-3,6-7,9-11,13,33H,4-5,8,12H2,1H3,(H,32,35). The lowest BCUT2D eigenvalue weighted by Gasteiger charge is -2.17. The van der Waals surface area contributed by atoms with Crippen molar-refractivity contribution in [2.24, 2.45) is 5.41 Å². The fourth-order valence-corrected chi connectivity index (χ4v) is 3.71. The molecule has 0 unspecified atom stereocenters. The van der Waals surface area contributed by atoms with Gasteiger partial charge >= 0.3 is 6.18 Å². The van der Waals surface area contributed by atoms with Crippen LogP contribution in [0.3, 0.4) is 0 Å². The highest BCUT2D eigenvalue weighted by atomic mass is 19.4. The van der Waals surface area contributed by atoms with Gasteiger partial charge in [0, 0.05) is 18.8 Å². The van der Waals surface area contributed by atoms with Crippen LogP contribution in [0.5, 0.6) is 0 Å². The Morgan fingerprint density at radius 2 is 1.80 bits per heavy atom. The van der Waals surface area contributed by atoms with Gasteiger partial charge in [0.25, 0.3) is 0 Å². The molecule has 0 radical (unpaired) electrons. The Bertz CT molecular complexity index is 1260. The molecule has 182 valence electrons. The van der Waals surface area contributed by atoms with Gasteiger partial charge in [-0.15, -0.1) is 0 Å². The van der Waals surface area contributed by atoms with Crippen molar-refractivity contribution in [3.05, 3.63) is 77.4 Å². The monoisotopic (exact) mass is 487 g/mol. The lowest BCUT2D eigenvalue weighted by molar-refractivity contribution is -0.137. The maximum Gasteiger partial charge on any atom is 0.418 e. The minimum absolute atomic E-state index is 0.0562. The molecule has 2 N–H and O–H groups in total. The number of halogens is 4. The highest BCUT2D eigenvalue weighted by molar-refractivity contribution is 6.00. The first kappa shape index (κ1) is 24.2. The maximum absolute atomic E-state index is 13.3. The van der Waals surface area contributed by atoms with Crippen LogP contribution in [0.2, 0.25) is 0 Å². The maximum atomic E-state index is 13.3. The quantitative estimate of drug-likeness (QED) is 0.352. The van der Waals surface area contributed by atoms with Gasteiger partial charge in [-0.3, -0.25) is 14.6 Å². The van der Waals surface area contributed by atoms with E-state index in [4.69, 9.17) is 0 Å². The van der Waals surface area contributed by atoms with Crippen molar-refractivity contribution in [3.63, 3.8) is 0 Å². The summed E-state index contributed by atoms with van der Waals surface area (Å²) in [5.74, 6) is -1.45. The number of amides is 1. The van der Waals surface area contributed by atoms with Gasteiger partial charge in [-0.1, -0.05) is 0 Å². The number of nitrogens with zero attached hydrogens (tertiary/aromatic N) is 3. The van der Waals surface area contributed by atoms with Crippen molar-refractivity contribution in [1.82, 2.24) is 20.3 Å². The molecule has 0 aliphatic heterocycles. The number of nitrogens with one attached hydrogen (secondary N) is 2. The Morgan fingerprint density at radius 3 is 2.43 bits per heavy atom. The first-order chi connectivity index (χ1) is 16.6. The molecule has 35 heavy (non-hydrogen) atoms. The molecule has 4 rings (SSSR count). The Hall–Kier alpha value is -3.89. The Labute approximate surface area is 198 Å². The molecule has 0 saturated heterocycles. The number of ketones is 1. The summed E-state index contributed by atoms with van der Waals surface area (Å²) < 4.78 is 53.0. The molecule has 2 heterocycles. The molecule has 1 aromatic carbocycles. The molecule has 1 fully saturated rings. The molecule has 3 aromatic rings. The predicted octanol–water partition coefficient (Wildman–Crippen LogP) is 4.75. The van der Waals surface area contributed by atoms with Gasteiger partial charge in [0.2, 0.25) is 5.91 Å². The highest BCUT2D eigenvalue weighted by Gasteiger charge is 2.51. The van der Waals surface area contributed by atoms with Crippen LogP contribution in [0.4, 0.5) is 28.9 Å². The zero-order valence-electron chi connectivity index (χ0n) is 18.6. The summed E-state index contributed by atoms with van der Waals surface area (Å²) in [6, 6.07) is 3.96. The zero-order chi connectivity index (χ0) is 25.2. The van der Waals surface area contributed by atoms with Gasteiger partial charge in [-0.05, 0) is 49.6 Å². The topological polar surface area (TPSA) is 96.9 Å². The van der Waals surface area contributed by atoms with Crippen LogP contribution in [0.1, 0.15) is 46.4 Å². The fraction of sp³-hybridized carbons (Fsp3) is 0.292. The van der Waals surface area contributed by atoms with E-state index in [-0.39, 0.29) is 36.0 Å². The normalized spacial score (nSPS) is 14.3. The second-order valence-electron chi connectivity index (χ2n) is 8.49. The molecule has 1 aliphatic rings. The van der Waals surface area contributed by atoms with Gasteiger partial charge in [0.05, 0.1) is 46.4 Å². The van der Waals surface area contributed by atoms with E-state index >= 15 is 0 Å². The first-order valence-corrected chi connectivity index (χ1v) is 10.7. The lowest BCUT2D eigenvalue weighted by atomic mass is 9.95. The van der Waals surface area contributed by atoms with E-state index in [9.17, 15) is 27.2 Å². The fourth-order valence-electron chi connectivity index (χ4n) is 3.71. The van der Waals surface area contributed by atoms with Crippen LogP contribution in [0.25, 0.3) is 0 Å². The van der Waals surface area contributed by atoms with E-state index in [0.29, 0.717) is 35.7 Å². The second kappa shape index (κ2) is 9.40. The molecular formula is C24H21F4N5O2. The zero-order valence-corrected chi connectivity index (χ0v) is 18.6. The number of pyridine rings is 1. The van der Waals surface area contributed by atoms with E-state index < -0.39 is 23.0 Å². The first-order valence-electron chi connectivity index (χ1n) is 10.7. The minimum atomic E-state index is -4.73. The summed E-state index contributed by atoms with van der Waals surface area (Å²) >= 11 is 0. The van der Waals surface area contributed by atoms with Crippen LogP contribution in [0, 0.1) is 18.2 Å². The van der Waals surface area contributed by atoms with E-state index in [1.54, 1.807) is 13.0 Å². The number of Topliss-reactive ketones (excluding diaryl/α,β-unsaturated/α-hetero) is 1. The molecule has 1 aliphatic carbocycles. The van der Waals surface area contributed by atoms with Gasteiger partial charge in [0.1, 0.15) is 12.1 Å². The summed E-state index contributed by atoms with van der Waals surface area (Å²) in [5, 5.41) is 5.43. The summed E-state index contributed by atoms with van der Waals surface area (Å²) in [7, 11) is 0. The number of alkyl halides is 3. The number of hydrogen-bond donors (Lipinski definition) is 2. The molecule has 1 amide bonds. The van der Waals surface area contributed by atoms with Crippen LogP contribution in [-0.2, 0) is 17.5 Å². The third-order valence-electron chi connectivity index (χ3n) is 5.89. The van der Waals surface area contributed by atoms with E-state index in [1.165, 1.54) is 24.9 Å². The molecule has 0 bridgehead atoms. The minimum Gasteiger partial charge on any atom is -0.354 e. The van der Waals surface area contributed by atoms with E-state index in [2.05, 4.69) is 25.6 Å². The number of benzene rings is 1. The summed E-state index contributed by atoms with van der Waals surface area (Å²) in [6.45, 7) is 1.81. The van der Waals surface area contributed by atoms with Gasteiger partial charge < -0.3 is 10.6 Å². The van der Waals surface area contributed by atoms with E-state index in [0.717, 1.165) is 12.1 Å². The molecule has 1 saturated carbocycles.